The molecule has 1 rings (SSSR count). The van der Waals surface area contributed by atoms with Crippen LogP contribution in [0.1, 0.15) is 5.56 Å². The molecule has 0 unspecified atom stereocenters. The van der Waals surface area contributed by atoms with Crippen molar-refractivity contribution < 1.29 is 4.92 Å². The second kappa shape index (κ2) is 2.87. The lowest BCUT2D eigenvalue weighted by molar-refractivity contribution is -0.385. The topological polar surface area (TPSA) is 56.0 Å². The van der Waals surface area contributed by atoms with E-state index in [-0.39, 0.29) is 5.69 Å². The van der Waals surface area contributed by atoms with E-state index < -0.39 is 4.92 Å². The normalized spacial score (nSPS) is 9.64. The minimum atomic E-state index is -0.479. The van der Waals surface area contributed by atoms with Gasteiger partial charge in [0.25, 0.3) is 5.69 Å². The standard InChI is InChI=1S/C6H6N2O2S/c1-4-2-5(8(9)10)3-7-6(4)11/h2-3H,1H3,(H,7,11). The Labute approximate surface area is 68.8 Å². The van der Waals surface area contributed by atoms with Gasteiger partial charge >= 0.3 is 0 Å². The van der Waals surface area contributed by atoms with Gasteiger partial charge in [0.05, 0.1) is 9.95 Å². The summed E-state index contributed by atoms with van der Waals surface area (Å²) in [4.78, 5) is 13.4. The van der Waals surface area contributed by atoms with Crippen molar-refractivity contribution in [1.82, 2.24) is 4.98 Å². The molecule has 0 N–H and O–H groups in total. The van der Waals surface area contributed by atoms with Crippen molar-refractivity contribution in [3.8, 4) is 0 Å². The van der Waals surface area contributed by atoms with E-state index in [4.69, 9.17) is 0 Å². The smallest absolute Gasteiger partial charge is 0.258 e. The van der Waals surface area contributed by atoms with Gasteiger partial charge in [-0.3, -0.25) is 10.1 Å². The molecule has 4 nitrogen and oxygen atoms in total. The summed E-state index contributed by atoms with van der Waals surface area (Å²) < 4.78 is 0. The van der Waals surface area contributed by atoms with Crippen LogP contribution in [0.25, 0.3) is 0 Å². The Morgan fingerprint density at radius 2 is 2.36 bits per heavy atom. The van der Waals surface area contributed by atoms with E-state index in [9.17, 15) is 10.1 Å². The lowest BCUT2D eigenvalue weighted by Gasteiger charge is -1.95. The first-order chi connectivity index (χ1) is 5.11. The van der Waals surface area contributed by atoms with E-state index in [1.165, 1.54) is 12.3 Å². The number of nitro groups is 1. The molecule has 0 amide bonds. The van der Waals surface area contributed by atoms with E-state index in [0.717, 1.165) is 0 Å². The average Bonchev–Trinajstić information content (AvgIpc) is 1.94. The van der Waals surface area contributed by atoms with Crippen LogP contribution in [0.5, 0.6) is 0 Å². The highest BCUT2D eigenvalue weighted by Gasteiger charge is 2.06. The van der Waals surface area contributed by atoms with Gasteiger partial charge in [-0.25, -0.2) is 4.98 Å². The summed E-state index contributed by atoms with van der Waals surface area (Å²) in [6.45, 7) is 1.72. The summed E-state index contributed by atoms with van der Waals surface area (Å²) in [5.41, 5.74) is 0.711. The zero-order valence-corrected chi connectivity index (χ0v) is 6.71. The zero-order chi connectivity index (χ0) is 8.43. The molecule has 0 aliphatic carbocycles. The molecular formula is C6H6N2O2S. The van der Waals surface area contributed by atoms with E-state index >= 15 is 0 Å². The van der Waals surface area contributed by atoms with Crippen molar-refractivity contribution in [1.29, 1.82) is 0 Å². The van der Waals surface area contributed by atoms with E-state index in [0.29, 0.717) is 10.6 Å². The first kappa shape index (κ1) is 8.00. The summed E-state index contributed by atoms with van der Waals surface area (Å²) >= 11 is 3.98. The fourth-order valence-corrected chi connectivity index (χ4v) is 0.775. The summed E-state index contributed by atoms with van der Waals surface area (Å²) in [5, 5.41) is 10.7. The largest absolute Gasteiger partial charge is 0.287 e. The number of hydrogen-bond acceptors (Lipinski definition) is 4. The van der Waals surface area contributed by atoms with Gasteiger partial charge in [0.2, 0.25) is 0 Å². The molecule has 0 atom stereocenters. The molecule has 1 heterocycles. The molecule has 0 aliphatic rings. The van der Waals surface area contributed by atoms with Crippen molar-refractivity contribution in [3.05, 3.63) is 27.9 Å². The fourth-order valence-electron chi connectivity index (χ4n) is 0.653. The molecule has 0 aliphatic heterocycles. The number of thiol groups is 1. The first-order valence-electron chi connectivity index (χ1n) is 2.91. The molecule has 0 spiro atoms. The third-order valence-electron chi connectivity index (χ3n) is 1.25. The molecule has 1 aromatic heterocycles. The maximum atomic E-state index is 10.2. The van der Waals surface area contributed by atoms with Crippen LogP contribution in [0.3, 0.4) is 0 Å². The van der Waals surface area contributed by atoms with Gasteiger partial charge in [0.1, 0.15) is 6.20 Å². The van der Waals surface area contributed by atoms with E-state index in [1.807, 2.05) is 0 Å². The Hall–Kier alpha value is -1.10. The quantitative estimate of drug-likeness (QED) is 0.395. The Kier molecular flexibility index (Phi) is 2.09. The maximum absolute atomic E-state index is 10.2. The van der Waals surface area contributed by atoms with Crippen LogP contribution < -0.4 is 0 Å². The third-order valence-corrected chi connectivity index (χ3v) is 1.72. The minimum absolute atomic E-state index is 0.000278. The van der Waals surface area contributed by atoms with Gasteiger partial charge < -0.3 is 0 Å². The zero-order valence-electron chi connectivity index (χ0n) is 5.81. The van der Waals surface area contributed by atoms with Crippen LogP contribution in [-0.4, -0.2) is 9.91 Å². The molecule has 58 valence electrons. The fraction of sp³-hybridized carbons (Fsp3) is 0.167. The third kappa shape index (κ3) is 1.68. The van der Waals surface area contributed by atoms with Gasteiger partial charge in [-0.1, -0.05) is 0 Å². The Morgan fingerprint density at radius 3 is 2.82 bits per heavy atom. The van der Waals surface area contributed by atoms with Crippen LogP contribution in [0, 0.1) is 17.0 Å². The Bertz CT molecular complexity index is 301. The van der Waals surface area contributed by atoms with Crippen LogP contribution in [0.15, 0.2) is 17.3 Å². The van der Waals surface area contributed by atoms with Gasteiger partial charge in [0, 0.05) is 6.07 Å². The SMILES string of the molecule is Cc1cc([N+](=O)[O-])cnc1S. The number of hydrogen-bond donors (Lipinski definition) is 1. The molecule has 1 aromatic rings. The molecule has 0 saturated heterocycles. The number of pyridine rings is 1. The molecule has 0 fully saturated rings. The van der Waals surface area contributed by atoms with Crippen molar-refractivity contribution in [3.63, 3.8) is 0 Å². The van der Waals surface area contributed by atoms with Crippen molar-refractivity contribution in [2.75, 3.05) is 0 Å². The number of rotatable bonds is 1. The second-order valence-electron chi connectivity index (χ2n) is 2.09. The average molecular weight is 170 g/mol. The van der Waals surface area contributed by atoms with Gasteiger partial charge in [-0.05, 0) is 12.5 Å². The summed E-state index contributed by atoms with van der Waals surface area (Å²) in [6, 6.07) is 1.44. The van der Waals surface area contributed by atoms with E-state index in [2.05, 4.69) is 17.6 Å². The van der Waals surface area contributed by atoms with Gasteiger partial charge in [-0.15, -0.1) is 12.6 Å². The molecule has 0 aromatic carbocycles. The van der Waals surface area contributed by atoms with Crippen LogP contribution in [0.2, 0.25) is 0 Å². The number of nitrogens with zero attached hydrogens (tertiary/aromatic N) is 2. The highest BCUT2D eigenvalue weighted by atomic mass is 32.1. The molecule has 5 heteroatoms. The Balaban J connectivity index is 3.15. The van der Waals surface area contributed by atoms with Crippen molar-refractivity contribution in [2.45, 2.75) is 11.9 Å². The number of aryl methyl sites for hydroxylation is 1. The second-order valence-corrected chi connectivity index (χ2v) is 2.51. The van der Waals surface area contributed by atoms with Gasteiger partial charge in [0.15, 0.2) is 0 Å². The predicted octanol–water partition coefficient (Wildman–Crippen LogP) is 1.59. The summed E-state index contributed by atoms with van der Waals surface area (Å²) in [6.07, 6.45) is 1.19. The molecule has 0 radical (unpaired) electrons. The van der Waals surface area contributed by atoms with Crippen molar-refractivity contribution in [2.24, 2.45) is 0 Å². The van der Waals surface area contributed by atoms with Crippen LogP contribution >= 0.6 is 12.6 Å². The molecular weight excluding hydrogens is 164 g/mol. The van der Waals surface area contributed by atoms with Crippen LogP contribution in [-0.2, 0) is 0 Å². The highest BCUT2D eigenvalue weighted by molar-refractivity contribution is 7.80. The minimum Gasteiger partial charge on any atom is -0.258 e. The van der Waals surface area contributed by atoms with Crippen molar-refractivity contribution >= 4 is 18.3 Å². The highest BCUT2D eigenvalue weighted by Crippen LogP contribution is 2.15. The Morgan fingerprint density at radius 1 is 1.73 bits per heavy atom. The van der Waals surface area contributed by atoms with Gasteiger partial charge in [-0.2, -0.15) is 0 Å². The predicted molar refractivity (Wildman–Crippen MR) is 42.9 cm³/mol. The molecule has 0 bridgehead atoms. The van der Waals surface area contributed by atoms with Crippen LogP contribution in [0.4, 0.5) is 5.69 Å². The maximum Gasteiger partial charge on any atom is 0.287 e. The summed E-state index contributed by atoms with van der Waals surface area (Å²) in [5.74, 6) is 0. The monoisotopic (exact) mass is 170 g/mol. The molecule has 11 heavy (non-hydrogen) atoms. The lowest BCUT2D eigenvalue weighted by Crippen LogP contribution is -1.90. The van der Waals surface area contributed by atoms with E-state index in [1.54, 1.807) is 6.92 Å². The lowest BCUT2D eigenvalue weighted by atomic mass is 10.3. The number of aromatic nitrogens is 1. The summed E-state index contributed by atoms with van der Waals surface area (Å²) in [7, 11) is 0. The first-order valence-corrected chi connectivity index (χ1v) is 3.36. The molecule has 0 saturated carbocycles.